The van der Waals surface area contributed by atoms with Gasteiger partial charge in [0.25, 0.3) is 0 Å². The topological polar surface area (TPSA) is 68.3 Å². The van der Waals surface area contributed by atoms with Gasteiger partial charge in [-0.2, -0.15) is 5.26 Å². The second-order valence-electron chi connectivity index (χ2n) is 3.99. The summed E-state index contributed by atoms with van der Waals surface area (Å²) >= 11 is 5.85. The number of nitrogens with zero attached hydrogens (tertiary/aromatic N) is 1. The first-order valence-electron chi connectivity index (χ1n) is 5.41. The minimum atomic E-state index is 0.270. The van der Waals surface area contributed by atoms with E-state index in [0.717, 1.165) is 19.6 Å². The first-order chi connectivity index (χ1) is 8.22. The number of nitrogen functional groups attached to an aromatic ring is 1. The van der Waals surface area contributed by atoms with Crippen LogP contribution in [0, 0.1) is 17.2 Å². The lowest BCUT2D eigenvalue weighted by atomic mass is 10.1. The van der Waals surface area contributed by atoms with Crippen molar-refractivity contribution in [1.29, 1.82) is 5.26 Å². The van der Waals surface area contributed by atoms with Crippen LogP contribution in [0.4, 0.5) is 5.69 Å². The summed E-state index contributed by atoms with van der Waals surface area (Å²) in [6.07, 6.45) is 0.999. The van der Waals surface area contributed by atoms with E-state index in [2.05, 4.69) is 0 Å². The van der Waals surface area contributed by atoms with Crippen molar-refractivity contribution >= 4 is 17.3 Å². The summed E-state index contributed by atoms with van der Waals surface area (Å²) < 4.78 is 10.9. The van der Waals surface area contributed by atoms with Gasteiger partial charge in [-0.25, -0.2) is 0 Å². The summed E-state index contributed by atoms with van der Waals surface area (Å²) in [4.78, 5) is 0. The minimum absolute atomic E-state index is 0.270. The van der Waals surface area contributed by atoms with E-state index in [1.54, 1.807) is 12.1 Å². The molecule has 1 aliphatic rings. The maximum absolute atomic E-state index is 8.91. The molecule has 1 aromatic rings. The van der Waals surface area contributed by atoms with Crippen molar-refractivity contribution in [3.63, 3.8) is 0 Å². The van der Waals surface area contributed by atoms with Gasteiger partial charge in [-0.1, -0.05) is 11.6 Å². The Hall–Kier alpha value is -1.44. The molecule has 0 spiro atoms. The van der Waals surface area contributed by atoms with Crippen LogP contribution in [0.1, 0.15) is 12.0 Å². The van der Waals surface area contributed by atoms with Crippen LogP contribution in [-0.4, -0.2) is 19.8 Å². The van der Waals surface area contributed by atoms with E-state index in [-0.39, 0.29) is 5.56 Å². The number of hydrogen-bond donors (Lipinski definition) is 1. The maximum atomic E-state index is 8.91. The van der Waals surface area contributed by atoms with Gasteiger partial charge >= 0.3 is 0 Å². The van der Waals surface area contributed by atoms with Crippen molar-refractivity contribution in [3.05, 3.63) is 22.7 Å². The van der Waals surface area contributed by atoms with E-state index in [1.807, 2.05) is 6.07 Å². The maximum Gasteiger partial charge on any atom is 0.143 e. The van der Waals surface area contributed by atoms with Crippen molar-refractivity contribution < 1.29 is 9.47 Å². The van der Waals surface area contributed by atoms with Gasteiger partial charge in [0.2, 0.25) is 0 Å². The molecular formula is C12H13ClN2O2. The predicted octanol–water partition coefficient (Wildman–Crippen LogP) is 2.21. The number of ether oxygens (including phenoxy) is 2. The van der Waals surface area contributed by atoms with Crippen LogP contribution in [0.3, 0.4) is 0 Å². The fraction of sp³-hybridized carbons (Fsp3) is 0.417. The van der Waals surface area contributed by atoms with Crippen molar-refractivity contribution in [2.75, 3.05) is 25.6 Å². The fourth-order valence-corrected chi connectivity index (χ4v) is 1.94. The molecule has 0 aliphatic carbocycles. The van der Waals surface area contributed by atoms with Crippen molar-refractivity contribution in [2.24, 2.45) is 5.92 Å². The van der Waals surface area contributed by atoms with E-state index in [0.29, 0.717) is 29.0 Å². The van der Waals surface area contributed by atoms with Gasteiger partial charge in [0.1, 0.15) is 11.8 Å². The van der Waals surface area contributed by atoms with Gasteiger partial charge in [0, 0.05) is 12.5 Å². The summed E-state index contributed by atoms with van der Waals surface area (Å²) in [5.74, 6) is 0.911. The molecule has 2 N–H and O–H groups in total. The summed E-state index contributed by atoms with van der Waals surface area (Å²) in [5.41, 5.74) is 6.39. The van der Waals surface area contributed by atoms with Gasteiger partial charge in [-0.15, -0.1) is 0 Å². The number of halogens is 1. The highest BCUT2D eigenvalue weighted by Gasteiger charge is 2.17. The van der Waals surface area contributed by atoms with Crippen LogP contribution in [0.2, 0.25) is 5.02 Å². The van der Waals surface area contributed by atoms with Gasteiger partial charge < -0.3 is 15.2 Å². The Balaban J connectivity index is 2.08. The Kier molecular flexibility index (Phi) is 3.72. The Bertz CT molecular complexity index is 451. The summed E-state index contributed by atoms with van der Waals surface area (Å²) in [7, 11) is 0. The highest BCUT2D eigenvalue weighted by Crippen LogP contribution is 2.31. The number of anilines is 1. The molecule has 0 radical (unpaired) electrons. The van der Waals surface area contributed by atoms with E-state index in [4.69, 9.17) is 32.1 Å². The van der Waals surface area contributed by atoms with E-state index < -0.39 is 0 Å². The lowest BCUT2D eigenvalue weighted by molar-refractivity contribution is 0.167. The molecule has 0 saturated carbocycles. The normalized spacial score (nSPS) is 18.9. The zero-order valence-electron chi connectivity index (χ0n) is 9.28. The minimum Gasteiger partial charge on any atom is -0.491 e. The van der Waals surface area contributed by atoms with Gasteiger partial charge in [0.15, 0.2) is 0 Å². The van der Waals surface area contributed by atoms with Gasteiger partial charge in [0.05, 0.1) is 29.5 Å². The third-order valence-corrected chi connectivity index (χ3v) is 3.08. The average molecular weight is 253 g/mol. The molecule has 0 bridgehead atoms. The van der Waals surface area contributed by atoms with E-state index in [1.165, 1.54) is 0 Å². The third-order valence-electron chi connectivity index (χ3n) is 2.76. The van der Waals surface area contributed by atoms with Crippen LogP contribution in [0.5, 0.6) is 5.75 Å². The number of hydrogen-bond acceptors (Lipinski definition) is 4. The van der Waals surface area contributed by atoms with Crippen LogP contribution in [0.15, 0.2) is 12.1 Å². The molecule has 90 valence electrons. The van der Waals surface area contributed by atoms with Gasteiger partial charge in [-0.3, -0.25) is 0 Å². The fourth-order valence-electron chi connectivity index (χ4n) is 1.74. The van der Waals surface area contributed by atoms with Crippen molar-refractivity contribution in [2.45, 2.75) is 6.42 Å². The highest BCUT2D eigenvalue weighted by atomic mass is 35.5. The Morgan fingerprint density at radius 2 is 2.41 bits per heavy atom. The summed E-state index contributed by atoms with van der Waals surface area (Å²) in [6, 6.07) is 5.28. The SMILES string of the molecule is N#Cc1c(Cl)ccc(OCC2CCOC2)c1N. The lowest BCUT2D eigenvalue weighted by Gasteiger charge is -2.13. The molecule has 1 fully saturated rings. The Morgan fingerprint density at radius 1 is 1.59 bits per heavy atom. The van der Waals surface area contributed by atoms with Crippen molar-refractivity contribution in [1.82, 2.24) is 0 Å². The smallest absolute Gasteiger partial charge is 0.143 e. The zero-order chi connectivity index (χ0) is 12.3. The number of rotatable bonds is 3. The summed E-state index contributed by atoms with van der Waals surface area (Å²) in [6.45, 7) is 2.06. The molecule has 1 aromatic carbocycles. The molecule has 1 saturated heterocycles. The molecule has 0 amide bonds. The summed E-state index contributed by atoms with van der Waals surface area (Å²) in [5, 5.41) is 9.26. The third kappa shape index (κ3) is 2.63. The second kappa shape index (κ2) is 5.26. The molecule has 1 aliphatic heterocycles. The lowest BCUT2D eigenvalue weighted by Crippen LogP contribution is -2.12. The van der Waals surface area contributed by atoms with E-state index in [9.17, 15) is 0 Å². The first kappa shape index (κ1) is 12.0. The molecule has 1 atom stereocenters. The van der Waals surface area contributed by atoms with Crippen molar-refractivity contribution in [3.8, 4) is 11.8 Å². The Morgan fingerprint density at radius 3 is 3.06 bits per heavy atom. The number of nitrogens with two attached hydrogens (primary N) is 1. The highest BCUT2D eigenvalue weighted by molar-refractivity contribution is 6.32. The predicted molar refractivity (Wildman–Crippen MR) is 65.0 cm³/mol. The number of benzene rings is 1. The molecule has 1 unspecified atom stereocenters. The molecule has 0 aromatic heterocycles. The van der Waals surface area contributed by atoms with E-state index >= 15 is 0 Å². The molecule has 1 heterocycles. The largest absolute Gasteiger partial charge is 0.491 e. The molecule has 2 rings (SSSR count). The number of nitriles is 1. The second-order valence-corrected chi connectivity index (χ2v) is 4.39. The van der Waals surface area contributed by atoms with Crippen LogP contribution in [0.25, 0.3) is 0 Å². The molecule has 5 heteroatoms. The molecule has 4 nitrogen and oxygen atoms in total. The monoisotopic (exact) mass is 252 g/mol. The van der Waals surface area contributed by atoms with Crippen LogP contribution in [-0.2, 0) is 4.74 Å². The van der Waals surface area contributed by atoms with Gasteiger partial charge in [-0.05, 0) is 18.6 Å². The molecular weight excluding hydrogens is 240 g/mol. The zero-order valence-corrected chi connectivity index (χ0v) is 10.0. The van der Waals surface area contributed by atoms with Crippen LogP contribution >= 0.6 is 11.6 Å². The van der Waals surface area contributed by atoms with Crippen LogP contribution < -0.4 is 10.5 Å². The standard InChI is InChI=1S/C12H13ClN2O2/c13-10-1-2-11(12(15)9(10)5-14)17-7-8-3-4-16-6-8/h1-2,8H,3-4,6-7,15H2. The average Bonchev–Trinajstić information content (AvgIpc) is 2.82. The Labute approximate surface area is 105 Å². The molecule has 17 heavy (non-hydrogen) atoms. The quantitative estimate of drug-likeness (QED) is 0.838. The first-order valence-corrected chi connectivity index (χ1v) is 5.78.